The molecule has 0 fully saturated rings. The van der Waals surface area contributed by atoms with E-state index in [1.807, 2.05) is 42.5 Å². The molecule has 0 aromatic heterocycles. The fraction of sp³-hybridized carbons (Fsp3) is 0.0588. The maximum absolute atomic E-state index is 12.3. The van der Waals surface area contributed by atoms with Gasteiger partial charge in [0.15, 0.2) is 0 Å². The van der Waals surface area contributed by atoms with Crippen LogP contribution in [0.2, 0.25) is 0 Å². The van der Waals surface area contributed by atoms with Gasteiger partial charge in [-0.05, 0) is 34.4 Å². The molecule has 3 nitrogen and oxygen atoms in total. The van der Waals surface area contributed by atoms with Crippen molar-refractivity contribution in [2.75, 3.05) is 6.61 Å². The van der Waals surface area contributed by atoms with Crippen LogP contribution in [0.5, 0.6) is 0 Å². The summed E-state index contributed by atoms with van der Waals surface area (Å²) in [4.78, 5) is 0.188. The summed E-state index contributed by atoms with van der Waals surface area (Å²) in [7, 11) is -3.79. The standard InChI is InChI=1S/C17H14O3S.Li.H/c1-2-10-20-21(18,19)17-9-5-8-15-11-13-6-3-4-7-14(13)12-16(15)17;;/h2-9,11-12H,1,10H2;;. The molecule has 108 valence electrons. The van der Waals surface area contributed by atoms with E-state index in [0.29, 0.717) is 5.39 Å². The van der Waals surface area contributed by atoms with E-state index in [-0.39, 0.29) is 30.4 Å². The van der Waals surface area contributed by atoms with Crippen molar-refractivity contribution in [2.24, 2.45) is 0 Å². The van der Waals surface area contributed by atoms with E-state index in [1.54, 1.807) is 12.1 Å². The summed E-state index contributed by atoms with van der Waals surface area (Å²) >= 11 is 0. The number of fused-ring (bicyclic) bond motifs is 2. The zero-order chi connectivity index (χ0) is 14.9. The quantitative estimate of drug-likeness (QED) is 0.322. The summed E-state index contributed by atoms with van der Waals surface area (Å²) < 4.78 is 29.5. The zero-order valence-corrected chi connectivity index (χ0v) is 12.1. The van der Waals surface area contributed by atoms with Crippen LogP contribution in [0.4, 0.5) is 0 Å². The number of hydrogen-bond acceptors (Lipinski definition) is 3. The molecule has 0 saturated heterocycles. The second-order valence-electron chi connectivity index (χ2n) is 4.70. The molecule has 0 N–H and O–H groups in total. The Balaban J connectivity index is 0.00000176. The molecule has 3 aromatic carbocycles. The van der Waals surface area contributed by atoms with Gasteiger partial charge in [0.1, 0.15) is 4.90 Å². The minimum absolute atomic E-state index is 0. The molecule has 0 unspecified atom stereocenters. The first kappa shape index (κ1) is 16.8. The number of hydrogen-bond donors (Lipinski definition) is 0. The molecule has 3 aromatic rings. The Kier molecular flexibility index (Phi) is 5.10. The number of benzene rings is 3. The van der Waals surface area contributed by atoms with Gasteiger partial charge in [0.25, 0.3) is 10.1 Å². The topological polar surface area (TPSA) is 43.4 Å². The maximum atomic E-state index is 12.3. The summed E-state index contributed by atoms with van der Waals surface area (Å²) in [5.74, 6) is 0. The van der Waals surface area contributed by atoms with Crippen molar-refractivity contribution in [3.63, 3.8) is 0 Å². The van der Waals surface area contributed by atoms with Crippen LogP contribution in [0.1, 0.15) is 0 Å². The van der Waals surface area contributed by atoms with Crippen molar-refractivity contribution in [3.8, 4) is 0 Å². The number of rotatable bonds is 4. The second-order valence-corrected chi connectivity index (χ2v) is 6.29. The fourth-order valence-electron chi connectivity index (χ4n) is 2.36. The summed E-state index contributed by atoms with van der Waals surface area (Å²) in [5.41, 5.74) is 0. The van der Waals surface area contributed by atoms with E-state index < -0.39 is 10.1 Å². The van der Waals surface area contributed by atoms with Crippen molar-refractivity contribution in [3.05, 3.63) is 67.3 Å². The Morgan fingerprint density at radius 1 is 0.955 bits per heavy atom. The Morgan fingerprint density at radius 2 is 1.59 bits per heavy atom. The van der Waals surface area contributed by atoms with Gasteiger partial charge in [-0.3, -0.25) is 4.18 Å². The first-order valence-electron chi connectivity index (χ1n) is 6.54. The molecule has 0 heterocycles. The van der Waals surface area contributed by atoms with E-state index in [9.17, 15) is 8.42 Å². The van der Waals surface area contributed by atoms with E-state index >= 15 is 0 Å². The third kappa shape index (κ3) is 3.11. The molecular weight excluding hydrogens is 291 g/mol. The van der Waals surface area contributed by atoms with Crippen LogP contribution in [0, 0.1) is 0 Å². The van der Waals surface area contributed by atoms with Gasteiger partial charge in [0, 0.05) is 5.39 Å². The fourth-order valence-corrected chi connectivity index (χ4v) is 3.45. The molecule has 0 aliphatic carbocycles. The molecule has 0 aliphatic rings. The van der Waals surface area contributed by atoms with Crippen molar-refractivity contribution in [1.82, 2.24) is 0 Å². The SMILES string of the molecule is C=CCOS(=O)(=O)c1cccc2cc3ccccc3cc12.[LiH]. The molecule has 5 heteroatoms. The van der Waals surface area contributed by atoms with Gasteiger partial charge in [-0.2, -0.15) is 8.42 Å². The Hall–Kier alpha value is -1.57. The van der Waals surface area contributed by atoms with Gasteiger partial charge in [0.2, 0.25) is 0 Å². The van der Waals surface area contributed by atoms with E-state index in [4.69, 9.17) is 4.18 Å². The van der Waals surface area contributed by atoms with E-state index in [1.165, 1.54) is 6.08 Å². The molecule has 0 atom stereocenters. The molecule has 0 amide bonds. The summed E-state index contributed by atoms with van der Waals surface area (Å²) in [6.45, 7) is 3.44. The predicted octanol–water partition coefficient (Wildman–Crippen LogP) is 3.24. The minimum atomic E-state index is -3.79. The molecule has 0 radical (unpaired) electrons. The molecular formula is C17H15LiO3S. The van der Waals surface area contributed by atoms with Gasteiger partial charge in [-0.15, -0.1) is 6.58 Å². The third-order valence-corrected chi connectivity index (χ3v) is 4.66. The average Bonchev–Trinajstić information content (AvgIpc) is 2.50. The zero-order valence-electron chi connectivity index (χ0n) is 11.3. The van der Waals surface area contributed by atoms with Crippen LogP contribution in [-0.4, -0.2) is 33.9 Å². The summed E-state index contributed by atoms with van der Waals surface area (Å²) in [6, 6.07) is 16.9. The van der Waals surface area contributed by atoms with Gasteiger partial charge in [-0.1, -0.05) is 42.5 Å². The normalized spacial score (nSPS) is 11.3. The first-order valence-corrected chi connectivity index (χ1v) is 7.94. The molecule has 0 saturated carbocycles. The summed E-state index contributed by atoms with van der Waals surface area (Å²) in [5, 5.41) is 3.61. The van der Waals surface area contributed by atoms with Gasteiger partial charge < -0.3 is 0 Å². The molecule has 0 aliphatic heterocycles. The Bertz CT molecular complexity index is 933. The van der Waals surface area contributed by atoms with Crippen molar-refractivity contribution in [1.29, 1.82) is 0 Å². The van der Waals surface area contributed by atoms with Crippen molar-refractivity contribution in [2.45, 2.75) is 4.90 Å². The second kappa shape index (κ2) is 6.68. The van der Waals surface area contributed by atoms with Crippen LogP contribution in [0.25, 0.3) is 21.5 Å². The van der Waals surface area contributed by atoms with Gasteiger partial charge in [-0.25, -0.2) is 0 Å². The molecule has 22 heavy (non-hydrogen) atoms. The average molecular weight is 306 g/mol. The van der Waals surface area contributed by atoms with Gasteiger partial charge in [0.05, 0.1) is 6.61 Å². The third-order valence-electron chi connectivity index (χ3n) is 3.32. The van der Waals surface area contributed by atoms with Crippen molar-refractivity contribution < 1.29 is 12.6 Å². The summed E-state index contributed by atoms with van der Waals surface area (Å²) in [6.07, 6.45) is 1.41. The monoisotopic (exact) mass is 306 g/mol. The predicted molar refractivity (Wildman–Crippen MR) is 91.9 cm³/mol. The molecule has 0 bridgehead atoms. The van der Waals surface area contributed by atoms with E-state index in [2.05, 4.69) is 6.58 Å². The molecule has 3 rings (SSSR count). The first-order chi connectivity index (χ1) is 10.1. The Morgan fingerprint density at radius 3 is 2.27 bits per heavy atom. The van der Waals surface area contributed by atoms with Crippen LogP contribution in [0.3, 0.4) is 0 Å². The van der Waals surface area contributed by atoms with Crippen molar-refractivity contribution >= 4 is 50.5 Å². The van der Waals surface area contributed by atoms with Crippen LogP contribution < -0.4 is 0 Å². The van der Waals surface area contributed by atoms with Crippen LogP contribution in [-0.2, 0) is 14.3 Å². The Labute approximate surface area is 141 Å². The van der Waals surface area contributed by atoms with E-state index in [0.717, 1.165) is 16.2 Å². The molecule has 0 spiro atoms. The van der Waals surface area contributed by atoms with Crippen LogP contribution in [0.15, 0.2) is 72.1 Å². The van der Waals surface area contributed by atoms with Gasteiger partial charge >= 0.3 is 18.9 Å². The van der Waals surface area contributed by atoms with Crippen LogP contribution >= 0.6 is 0 Å².